The van der Waals surface area contributed by atoms with Crippen molar-refractivity contribution in [3.05, 3.63) is 27.9 Å². The molecule has 0 saturated carbocycles. The third-order valence-corrected chi connectivity index (χ3v) is 3.04. The lowest BCUT2D eigenvalue weighted by molar-refractivity contribution is -0.384. The van der Waals surface area contributed by atoms with Crippen LogP contribution in [0.3, 0.4) is 0 Å². The van der Waals surface area contributed by atoms with Gasteiger partial charge in [0, 0.05) is 31.9 Å². The first-order valence-corrected chi connectivity index (χ1v) is 6.21. The van der Waals surface area contributed by atoms with Gasteiger partial charge in [-0.15, -0.1) is 0 Å². The highest BCUT2D eigenvalue weighted by atomic mass is 16.6. The summed E-state index contributed by atoms with van der Waals surface area (Å²) in [6, 6.07) is 1.52. The molecule has 1 aromatic heterocycles. The van der Waals surface area contributed by atoms with Crippen LogP contribution in [0.25, 0.3) is 0 Å². The molecule has 1 unspecified atom stereocenters. The smallest absolute Gasteiger partial charge is 0.311 e. The van der Waals surface area contributed by atoms with Crippen molar-refractivity contribution < 1.29 is 9.66 Å². The molecule has 1 aromatic rings. The summed E-state index contributed by atoms with van der Waals surface area (Å²) in [6.07, 6.45) is 1.64. The van der Waals surface area contributed by atoms with Crippen molar-refractivity contribution >= 4 is 11.5 Å². The molecule has 2 heterocycles. The van der Waals surface area contributed by atoms with E-state index in [0.29, 0.717) is 19.0 Å². The van der Waals surface area contributed by atoms with Crippen LogP contribution in [-0.4, -0.2) is 54.2 Å². The molecule has 1 atom stereocenters. The van der Waals surface area contributed by atoms with Crippen molar-refractivity contribution in [2.24, 2.45) is 0 Å². The summed E-state index contributed by atoms with van der Waals surface area (Å²) in [7, 11) is 2.03. The molecule has 0 amide bonds. The van der Waals surface area contributed by atoms with Crippen LogP contribution in [-0.2, 0) is 4.74 Å². The number of likely N-dealkylation sites (N-methyl/N-ethyl adjacent to an activating group) is 1. The fraction of sp³-hybridized carbons (Fsp3) is 0.583. The van der Waals surface area contributed by atoms with Gasteiger partial charge in [-0.3, -0.25) is 10.1 Å². The average molecular weight is 266 g/mol. The van der Waals surface area contributed by atoms with E-state index in [-0.39, 0.29) is 11.8 Å². The molecule has 1 saturated heterocycles. The predicted molar refractivity (Wildman–Crippen MR) is 71.4 cm³/mol. The van der Waals surface area contributed by atoms with E-state index in [9.17, 15) is 10.1 Å². The molecule has 7 heteroatoms. The zero-order chi connectivity index (χ0) is 13.8. The lowest BCUT2D eigenvalue weighted by Crippen LogP contribution is -2.43. The number of nitrogens with zero attached hydrogens (tertiary/aromatic N) is 3. The van der Waals surface area contributed by atoms with Gasteiger partial charge in [0.15, 0.2) is 0 Å². The van der Waals surface area contributed by atoms with Gasteiger partial charge in [-0.1, -0.05) is 0 Å². The summed E-state index contributed by atoms with van der Waals surface area (Å²) >= 11 is 0. The minimum atomic E-state index is -0.420. The molecule has 7 nitrogen and oxygen atoms in total. The Bertz CT molecular complexity index is 466. The number of nitro groups is 1. The van der Waals surface area contributed by atoms with E-state index in [1.807, 2.05) is 7.05 Å². The van der Waals surface area contributed by atoms with Crippen molar-refractivity contribution in [1.29, 1.82) is 0 Å². The highest BCUT2D eigenvalue weighted by Crippen LogP contribution is 2.22. The Balaban J connectivity index is 2.01. The molecule has 104 valence electrons. The molecule has 0 bridgehead atoms. The summed E-state index contributed by atoms with van der Waals surface area (Å²) in [5, 5.41) is 14.0. The number of hydrogen-bond donors (Lipinski definition) is 1. The van der Waals surface area contributed by atoms with Crippen molar-refractivity contribution in [2.45, 2.75) is 13.0 Å². The maximum Gasteiger partial charge on any atom is 0.311 e. The lowest BCUT2D eigenvalue weighted by Gasteiger charge is -2.30. The van der Waals surface area contributed by atoms with E-state index in [2.05, 4.69) is 15.2 Å². The molecule has 1 fully saturated rings. The molecule has 19 heavy (non-hydrogen) atoms. The van der Waals surface area contributed by atoms with Gasteiger partial charge < -0.3 is 15.0 Å². The maximum absolute atomic E-state index is 11.0. The molecule has 2 rings (SSSR count). The fourth-order valence-corrected chi connectivity index (χ4v) is 2.03. The first-order chi connectivity index (χ1) is 9.06. The van der Waals surface area contributed by atoms with Gasteiger partial charge in [0.1, 0.15) is 0 Å². The Morgan fingerprint density at radius 2 is 2.47 bits per heavy atom. The van der Waals surface area contributed by atoms with E-state index >= 15 is 0 Å². The largest absolute Gasteiger partial charge is 0.374 e. The van der Waals surface area contributed by atoms with Gasteiger partial charge >= 0.3 is 5.69 Å². The van der Waals surface area contributed by atoms with Crippen LogP contribution in [0.5, 0.6) is 0 Å². The summed E-state index contributed by atoms with van der Waals surface area (Å²) in [5.41, 5.74) is 0.773. The molecule has 1 N–H and O–H groups in total. The van der Waals surface area contributed by atoms with Gasteiger partial charge in [-0.25, -0.2) is 4.98 Å². The second kappa shape index (κ2) is 5.94. The summed E-state index contributed by atoms with van der Waals surface area (Å²) in [4.78, 5) is 16.8. The van der Waals surface area contributed by atoms with Crippen LogP contribution in [0.2, 0.25) is 0 Å². The maximum atomic E-state index is 11.0. The van der Waals surface area contributed by atoms with E-state index in [0.717, 1.165) is 18.7 Å². The highest BCUT2D eigenvalue weighted by Gasteiger charge is 2.20. The molecule has 0 spiro atoms. The third kappa shape index (κ3) is 3.62. The normalized spacial score (nSPS) is 20.2. The minimum Gasteiger partial charge on any atom is -0.374 e. The van der Waals surface area contributed by atoms with Crippen molar-refractivity contribution in [1.82, 2.24) is 9.88 Å². The quantitative estimate of drug-likeness (QED) is 0.648. The van der Waals surface area contributed by atoms with Crippen LogP contribution in [0.15, 0.2) is 12.3 Å². The SMILES string of the molecule is Cc1cnc(NCC2CN(C)CCO2)c([N+](=O)[O-])c1. The van der Waals surface area contributed by atoms with E-state index in [4.69, 9.17) is 4.74 Å². The number of ether oxygens (including phenoxy) is 1. The van der Waals surface area contributed by atoms with E-state index < -0.39 is 4.92 Å². The van der Waals surface area contributed by atoms with Crippen LogP contribution in [0, 0.1) is 17.0 Å². The number of anilines is 1. The van der Waals surface area contributed by atoms with Crippen LogP contribution < -0.4 is 5.32 Å². The van der Waals surface area contributed by atoms with Gasteiger partial charge in [0.05, 0.1) is 17.6 Å². The molecular formula is C12H18N4O3. The Kier molecular flexibility index (Phi) is 4.28. The molecule has 0 radical (unpaired) electrons. The molecule has 1 aliphatic rings. The number of nitrogens with one attached hydrogen (secondary N) is 1. The van der Waals surface area contributed by atoms with Gasteiger partial charge in [0.25, 0.3) is 0 Å². The summed E-state index contributed by atoms with van der Waals surface area (Å²) in [6.45, 7) is 4.71. The number of aromatic nitrogens is 1. The highest BCUT2D eigenvalue weighted by molar-refractivity contribution is 5.56. The molecular weight excluding hydrogens is 248 g/mol. The second-order valence-corrected chi connectivity index (χ2v) is 4.77. The number of rotatable bonds is 4. The first-order valence-electron chi connectivity index (χ1n) is 6.21. The van der Waals surface area contributed by atoms with Gasteiger partial charge in [-0.05, 0) is 19.5 Å². The standard InChI is InChI=1S/C12H18N4O3/c1-9-5-11(16(17)18)12(13-6-9)14-7-10-8-15(2)3-4-19-10/h5-6,10H,3-4,7-8H2,1-2H3,(H,13,14). The van der Waals surface area contributed by atoms with Gasteiger partial charge in [-0.2, -0.15) is 0 Å². The third-order valence-electron chi connectivity index (χ3n) is 3.04. The predicted octanol–water partition coefficient (Wildman–Crippen LogP) is 1.04. The van der Waals surface area contributed by atoms with Crippen molar-refractivity contribution in [2.75, 3.05) is 38.6 Å². The zero-order valence-corrected chi connectivity index (χ0v) is 11.1. The average Bonchev–Trinajstić information content (AvgIpc) is 2.37. The van der Waals surface area contributed by atoms with Crippen molar-refractivity contribution in [3.8, 4) is 0 Å². The Morgan fingerprint density at radius 3 is 3.16 bits per heavy atom. The lowest BCUT2D eigenvalue weighted by atomic mass is 10.2. The number of aryl methyl sites for hydroxylation is 1. The monoisotopic (exact) mass is 266 g/mol. The minimum absolute atomic E-state index is 0.00386. The Hall–Kier alpha value is -1.73. The summed E-state index contributed by atoms with van der Waals surface area (Å²) in [5.74, 6) is 0.299. The van der Waals surface area contributed by atoms with Crippen molar-refractivity contribution in [3.63, 3.8) is 0 Å². The topological polar surface area (TPSA) is 80.5 Å². The van der Waals surface area contributed by atoms with E-state index in [1.54, 1.807) is 13.1 Å². The molecule has 1 aliphatic heterocycles. The second-order valence-electron chi connectivity index (χ2n) is 4.77. The number of pyridine rings is 1. The number of hydrogen-bond acceptors (Lipinski definition) is 6. The molecule has 0 aliphatic carbocycles. The Labute approximate surface area is 111 Å². The Morgan fingerprint density at radius 1 is 1.68 bits per heavy atom. The number of morpholine rings is 1. The van der Waals surface area contributed by atoms with Crippen LogP contribution in [0.4, 0.5) is 11.5 Å². The zero-order valence-electron chi connectivity index (χ0n) is 11.1. The fourth-order valence-electron chi connectivity index (χ4n) is 2.03. The van der Waals surface area contributed by atoms with E-state index in [1.165, 1.54) is 6.07 Å². The summed E-state index contributed by atoms with van der Waals surface area (Å²) < 4.78 is 5.59. The van der Waals surface area contributed by atoms with Crippen LogP contribution >= 0.6 is 0 Å². The first kappa shape index (κ1) is 13.7. The van der Waals surface area contributed by atoms with Gasteiger partial charge in [0.2, 0.25) is 5.82 Å². The molecule has 0 aromatic carbocycles. The van der Waals surface area contributed by atoms with Crippen LogP contribution in [0.1, 0.15) is 5.56 Å².